The van der Waals surface area contributed by atoms with Gasteiger partial charge in [0, 0.05) is 19.0 Å². The van der Waals surface area contributed by atoms with Crippen molar-refractivity contribution in [1.82, 2.24) is 4.90 Å². The molecule has 0 bridgehead atoms. The molecule has 1 aliphatic rings. The molecule has 1 aromatic carbocycles. The Kier molecular flexibility index (Phi) is 4.13. The van der Waals surface area contributed by atoms with Gasteiger partial charge in [-0.25, -0.2) is 0 Å². The van der Waals surface area contributed by atoms with Crippen LogP contribution < -0.4 is 0 Å². The third-order valence-electron chi connectivity index (χ3n) is 3.24. The average molecular weight is 249 g/mol. The number of hydrogen-bond donors (Lipinski definition) is 0. The largest absolute Gasteiger partial charge is 0.378 e. The van der Waals surface area contributed by atoms with Gasteiger partial charge in [-0.3, -0.25) is 0 Å². The van der Waals surface area contributed by atoms with E-state index in [1.165, 1.54) is 11.1 Å². The fourth-order valence-electron chi connectivity index (χ4n) is 2.14. The predicted molar refractivity (Wildman–Crippen MR) is 74.6 cm³/mol. The van der Waals surface area contributed by atoms with E-state index in [0.717, 1.165) is 31.3 Å². The van der Waals surface area contributed by atoms with E-state index in [2.05, 4.69) is 43.0 Å². The number of nitrogens with zero attached hydrogens (tertiary/aromatic N) is 1. The molecule has 0 radical (unpaired) electrons. The molecule has 92 valence electrons. The molecule has 2 rings (SSSR count). The summed E-state index contributed by atoms with van der Waals surface area (Å²) in [5.41, 5.74) is 2.60. The molecule has 0 spiro atoms. The van der Waals surface area contributed by atoms with Gasteiger partial charge in [-0.1, -0.05) is 49.0 Å². The summed E-state index contributed by atoms with van der Waals surface area (Å²) < 4.78 is 5.35. The second-order valence-electron chi connectivity index (χ2n) is 4.57. The molecule has 0 amide bonds. The maximum atomic E-state index is 5.59. The first-order chi connectivity index (χ1) is 8.18. The van der Waals surface area contributed by atoms with E-state index >= 15 is 0 Å². The van der Waals surface area contributed by atoms with Crippen LogP contribution in [-0.4, -0.2) is 36.2 Å². The molecule has 1 aliphatic heterocycles. The minimum atomic E-state index is 0.308. The molecular formula is C14H19NOS. The van der Waals surface area contributed by atoms with E-state index in [9.17, 15) is 0 Å². The lowest BCUT2D eigenvalue weighted by atomic mass is 9.98. The summed E-state index contributed by atoms with van der Waals surface area (Å²) in [5, 5.41) is 0. The topological polar surface area (TPSA) is 12.5 Å². The number of aryl methyl sites for hydroxylation is 1. The van der Waals surface area contributed by atoms with Crippen molar-refractivity contribution in [2.24, 2.45) is 0 Å². The third-order valence-corrected chi connectivity index (χ3v) is 3.85. The Balaban J connectivity index is 2.08. The molecule has 3 heteroatoms. The Hall–Kier alpha value is -0.930. The summed E-state index contributed by atoms with van der Waals surface area (Å²) >= 11 is 5.59. The zero-order valence-corrected chi connectivity index (χ0v) is 11.3. The van der Waals surface area contributed by atoms with Crippen molar-refractivity contribution >= 4 is 17.2 Å². The highest BCUT2D eigenvalue weighted by atomic mass is 32.1. The van der Waals surface area contributed by atoms with Crippen molar-refractivity contribution in [3.05, 3.63) is 35.4 Å². The zero-order valence-electron chi connectivity index (χ0n) is 10.5. The van der Waals surface area contributed by atoms with Crippen LogP contribution in [0.25, 0.3) is 0 Å². The second kappa shape index (κ2) is 5.61. The molecular weight excluding hydrogens is 230 g/mol. The van der Waals surface area contributed by atoms with Crippen LogP contribution in [-0.2, 0) is 4.74 Å². The van der Waals surface area contributed by atoms with Gasteiger partial charge in [-0.2, -0.15) is 0 Å². The maximum Gasteiger partial charge on any atom is 0.0853 e. The second-order valence-corrected chi connectivity index (χ2v) is 4.99. The standard InChI is InChI=1S/C14H19NOS/c1-11-4-3-5-13(10-11)12(2)14(17)15-6-8-16-9-7-15/h3-5,10,12H,6-9H2,1-2H3. The number of benzene rings is 1. The molecule has 0 aromatic heterocycles. The zero-order chi connectivity index (χ0) is 12.3. The molecule has 0 N–H and O–H groups in total. The predicted octanol–water partition coefficient (Wildman–Crippen LogP) is 2.76. The SMILES string of the molecule is Cc1cccc(C(C)C(=S)N2CCOCC2)c1. The first kappa shape index (κ1) is 12.5. The van der Waals surface area contributed by atoms with Gasteiger partial charge in [0.15, 0.2) is 0 Å². The normalized spacial score (nSPS) is 17.9. The average Bonchev–Trinajstić information content (AvgIpc) is 2.38. The van der Waals surface area contributed by atoms with Gasteiger partial charge in [0.25, 0.3) is 0 Å². The summed E-state index contributed by atoms with van der Waals surface area (Å²) in [5.74, 6) is 0.308. The molecule has 0 saturated carbocycles. The van der Waals surface area contributed by atoms with E-state index in [0.29, 0.717) is 5.92 Å². The van der Waals surface area contributed by atoms with E-state index < -0.39 is 0 Å². The van der Waals surface area contributed by atoms with Crippen LogP contribution in [0.2, 0.25) is 0 Å². The lowest BCUT2D eigenvalue weighted by Gasteiger charge is -2.32. The van der Waals surface area contributed by atoms with Crippen molar-refractivity contribution < 1.29 is 4.74 Å². The van der Waals surface area contributed by atoms with Crippen LogP contribution in [0.5, 0.6) is 0 Å². The highest BCUT2D eigenvalue weighted by Crippen LogP contribution is 2.20. The fourth-order valence-corrected chi connectivity index (χ4v) is 2.46. The van der Waals surface area contributed by atoms with E-state index in [4.69, 9.17) is 17.0 Å². The lowest BCUT2D eigenvalue weighted by molar-refractivity contribution is 0.0680. The van der Waals surface area contributed by atoms with Crippen LogP contribution in [0.1, 0.15) is 24.0 Å². The van der Waals surface area contributed by atoms with Crippen LogP contribution >= 0.6 is 12.2 Å². The molecule has 0 aliphatic carbocycles. The molecule has 1 aromatic rings. The number of rotatable bonds is 2. The van der Waals surface area contributed by atoms with Crippen molar-refractivity contribution in [3.63, 3.8) is 0 Å². The molecule has 1 fully saturated rings. The van der Waals surface area contributed by atoms with Crippen LogP contribution in [0.4, 0.5) is 0 Å². The summed E-state index contributed by atoms with van der Waals surface area (Å²) in [6, 6.07) is 8.60. The summed E-state index contributed by atoms with van der Waals surface area (Å²) in [6.45, 7) is 7.74. The van der Waals surface area contributed by atoms with E-state index in [1.54, 1.807) is 0 Å². The van der Waals surface area contributed by atoms with Gasteiger partial charge in [0.2, 0.25) is 0 Å². The van der Waals surface area contributed by atoms with Crippen LogP contribution in [0.15, 0.2) is 24.3 Å². The van der Waals surface area contributed by atoms with Gasteiger partial charge in [0.1, 0.15) is 0 Å². The Morgan fingerprint density at radius 1 is 1.35 bits per heavy atom. The molecule has 1 atom stereocenters. The maximum absolute atomic E-state index is 5.59. The summed E-state index contributed by atoms with van der Waals surface area (Å²) in [4.78, 5) is 3.31. The van der Waals surface area contributed by atoms with Crippen LogP contribution in [0.3, 0.4) is 0 Å². The van der Waals surface area contributed by atoms with E-state index in [1.807, 2.05) is 0 Å². The highest BCUT2D eigenvalue weighted by molar-refractivity contribution is 7.80. The molecule has 1 saturated heterocycles. The number of hydrogen-bond acceptors (Lipinski definition) is 2. The minimum absolute atomic E-state index is 0.308. The van der Waals surface area contributed by atoms with E-state index in [-0.39, 0.29) is 0 Å². The Bertz CT molecular complexity index is 399. The Labute approximate surface area is 109 Å². The van der Waals surface area contributed by atoms with Gasteiger partial charge in [-0.05, 0) is 12.5 Å². The van der Waals surface area contributed by atoms with Crippen LogP contribution in [0, 0.1) is 6.92 Å². The first-order valence-electron chi connectivity index (χ1n) is 6.11. The quantitative estimate of drug-likeness (QED) is 0.748. The van der Waals surface area contributed by atoms with Crippen molar-refractivity contribution in [1.29, 1.82) is 0 Å². The smallest absolute Gasteiger partial charge is 0.0853 e. The highest BCUT2D eigenvalue weighted by Gasteiger charge is 2.19. The lowest BCUT2D eigenvalue weighted by Crippen LogP contribution is -2.41. The first-order valence-corrected chi connectivity index (χ1v) is 6.52. The van der Waals surface area contributed by atoms with Crippen molar-refractivity contribution in [3.8, 4) is 0 Å². The number of morpholine rings is 1. The monoisotopic (exact) mass is 249 g/mol. The molecule has 2 nitrogen and oxygen atoms in total. The fraction of sp³-hybridized carbons (Fsp3) is 0.500. The van der Waals surface area contributed by atoms with Gasteiger partial charge in [-0.15, -0.1) is 0 Å². The third kappa shape index (κ3) is 3.05. The molecule has 1 unspecified atom stereocenters. The summed E-state index contributed by atoms with van der Waals surface area (Å²) in [7, 11) is 0. The molecule has 17 heavy (non-hydrogen) atoms. The molecule has 1 heterocycles. The Morgan fingerprint density at radius 3 is 2.71 bits per heavy atom. The van der Waals surface area contributed by atoms with Crippen molar-refractivity contribution in [2.45, 2.75) is 19.8 Å². The van der Waals surface area contributed by atoms with Gasteiger partial charge in [0.05, 0.1) is 18.2 Å². The Morgan fingerprint density at radius 2 is 2.06 bits per heavy atom. The number of thiocarbonyl (C=S) groups is 1. The van der Waals surface area contributed by atoms with Gasteiger partial charge >= 0.3 is 0 Å². The van der Waals surface area contributed by atoms with Crippen molar-refractivity contribution in [2.75, 3.05) is 26.3 Å². The number of ether oxygens (including phenoxy) is 1. The summed E-state index contributed by atoms with van der Waals surface area (Å²) in [6.07, 6.45) is 0. The minimum Gasteiger partial charge on any atom is -0.378 e. The van der Waals surface area contributed by atoms with Gasteiger partial charge < -0.3 is 9.64 Å².